The fraction of sp³-hybridized carbons (Fsp3) is 0.316. The second kappa shape index (κ2) is 6.99. The van der Waals surface area contributed by atoms with Gasteiger partial charge >= 0.3 is 0 Å². The minimum absolute atomic E-state index is 0.457. The molecule has 0 saturated heterocycles. The number of ether oxygens (including phenoxy) is 2. The smallest absolute Gasteiger partial charge is 0.247 e. The molecule has 1 heterocycles. The van der Waals surface area contributed by atoms with Crippen LogP contribution < -0.4 is 9.47 Å². The molecule has 138 valence electrons. The molecule has 6 nitrogen and oxygen atoms in total. The van der Waals surface area contributed by atoms with Crippen molar-refractivity contribution in [3.8, 4) is 11.5 Å². The Balaban J connectivity index is 2.05. The summed E-state index contributed by atoms with van der Waals surface area (Å²) in [5, 5.41) is 4.42. The number of hydrogen-bond donors (Lipinski definition) is 0. The van der Waals surface area contributed by atoms with Crippen molar-refractivity contribution in [1.82, 2.24) is 4.41 Å². The van der Waals surface area contributed by atoms with Crippen LogP contribution >= 0.6 is 0 Å². The van der Waals surface area contributed by atoms with Crippen LogP contribution in [0.1, 0.15) is 29.2 Å². The summed E-state index contributed by atoms with van der Waals surface area (Å²) in [4.78, 5) is 0. The van der Waals surface area contributed by atoms with E-state index < -0.39 is 16.1 Å². The molecular formula is C19H22N2O4S. The number of nitrogens with zero attached hydrogens (tertiary/aromatic N) is 2. The summed E-state index contributed by atoms with van der Waals surface area (Å²) in [5.74, 6) is 1.22. The number of hydrazone groups is 1. The van der Waals surface area contributed by atoms with E-state index in [1.54, 1.807) is 26.4 Å². The first-order valence-electron chi connectivity index (χ1n) is 8.19. The Morgan fingerprint density at radius 2 is 1.88 bits per heavy atom. The van der Waals surface area contributed by atoms with E-state index in [2.05, 4.69) is 5.10 Å². The predicted molar refractivity (Wildman–Crippen MR) is 101 cm³/mol. The van der Waals surface area contributed by atoms with Gasteiger partial charge < -0.3 is 9.47 Å². The second-order valence-electron chi connectivity index (χ2n) is 6.28. The summed E-state index contributed by atoms with van der Waals surface area (Å²) in [6, 6.07) is 12.8. The first kappa shape index (κ1) is 18.3. The van der Waals surface area contributed by atoms with Gasteiger partial charge in [0.25, 0.3) is 0 Å². The molecule has 0 amide bonds. The molecule has 7 heteroatoms. The molecule has 0 fully saturated rings. The molecular weight excluding hydrogens is 352 g/mol. The van der Waals surface area contributed by atoms with Crippen LogP contribution in [0.3, 0.4) is 0 Å². The van der Waals surface area contributed by atoms with Crippen molar-refractivity contribution in [3.63, 3.8) is 0 Å². The molecule has 0 aromatic heterocycles. The molecule has 0 bridgehead atoms. The maximum absolute atomic E-state index is 12.3. The van der Waals surface area contributed by atoms with E-state index in [0.717, 1.165) is 22.4 Å². The zero-order chi connectivity index (χ0) is 18.9. The fourth-order valence-corrected chi connectivity index (χ4v) is 4.02. The Labute approximate surface area is 154 Å². The molecule has 0 N–H and O–H groups in total. The lowest BCUT2D eigenvalue weighted by molar-refractivity contribution is 0.348. The minimum Gasteiger partial charge on any atom is -0.497 e. The highest BCUT2D eigenvalue weighted by atomic mass is 32.2. The Morgan fingerprint density at radius 3 is 2.50 bits per heavy atom. The van der Waals surface area contributed by atoms with Crippen molar-refractivity contribution in [2.24, 2.45) is 5.10 Å². The van der Waals surface area contributed by atoms with E-state index in [4.69, 9.17) is 9.47 Å². The van der Waals surface area contributed by atoms with E-state index in [-0.39, 0.29) is 0 Å². The summed E-state index contributed by atoms with van der Waals surface area (Å²) < 4.78 is 36.6. The third kappa shape index (κ3) is 3.53. The third-order valence-corrected chi connectivity index (χ3v) is 5.38. The second-order valence-corrected chi connectivity index (χ2v) is 8.12. The highest BCUT2D eigenvalue weighted by molar-refractivity contribution is 7.88. The number of aryl methyl sites for hydroxylation is 1. The van der Waals surface area contributed by atoms with Crippen LogP contribution in [0.5, 0.6) is 11.5 Å². The van der Waals surface area contributed by atoms with Crippen LogP contribution in [-0.2, 0) is 10.0 Å². The predicted octanol–water partition coefficient (Wildman–Crippen LogP) is 3.12. The fourth-order valence-electron chi connectivity index (χ4n) is 3.12. The van der Waals surface area contributed by atoms with E-state index in [9.17, 15) is 8.42 Å². The highest BCUT2D eigenvalue weighted by Gasteiger charge is 2.36. The van der Waals surface area contributed by atoms with Gasteiger partial charge in [-0.2, -0.15) is 9.52 Å². The number of benzene rings is 2. The van der Waals surface area contributed by atoms with Crippen LogP contribution in [-0.4, -0.2) is 39.0 Å². The lowest BCUT2D eigenvalue weighted by atomic mass is 9.97. The standard InChI is InChI=1S/C19H22N2O4S/c1-13-6-5-7-14(10-13)17-12-18(21(20-17)26(4,22)23)16-9-8-15(24-2)11-19(16)25-3/h5-11,18H,12H2,1-4H3/t18-/m0/s1. The first-order valence-corrected chi connectivity index (χ1v) is 10.0. The molecule has 0 aliphatic carbocycles. The Hall–Kier alpha value is -2.54. The summed E-state index contributed by atoms with van der Waals surface area (Å²) in [5.41, 5.74) is 3.52. The molecule has 3 rings (SSSR count). The van der Waals surface area contributed by atoms with Crippen LogP contribution in [0.4, 0.5) is 0 Å². The van der Waals surface area contributed by atoms with Gasteiger partial charge in [-0.25, -0.2) is 8.42 Å². The molecule has 26 heavy (non-hydrogen) atoms. The number of rotatable bonds is 5. The van der Waals surface area contributed by atoms with Crippen molar-refractivity contribution >= 4 is 15.7 Å². The summed E-state index contributed by atoms with van der Waals surface area (Å²) in [7, 11) is -0.401. The van der Waals surface area contributed by atoms with Gasteiger partial charge in [-0.1, -0.05) is 29.8 Å². The van der Waals surface area contributed by atoms with Gasteiger partial charge in [-0.3, -0.25) is 0 Å². The van der Waals surface area contributed by atoms with Crippen molar-refractivity contribution in [1.29, 1.82) is 0 Å². The highest BCUT2D eigenvalue weighted by Crippen LogP contribution is 2.40. The first-order chi connectivity index (χ1) is 12.3. The van der Waals surface area contributed by atoms with E-state index in [0.29, 0.717) is 17.9 Å². The van der Waals surface area contributed by atoms with Crippen LogP contribution in [0.2, 0.25) is 0 Å². The Morgan fingerprint density at radius 1 is 1.12 bits per heavy atom. The van der Waals surface area contributed by atoms with Crippen LogP contribution in [0.25, 0.3) is 0 Å². The molecule has 2 aromatic carbocycles. The summed E-state index contributed by atoms with van der Waals surface area (Å²) in [6.45, 7) is 2.00. The maximum Gasteiger partial charge on any atom is 0.247 e. The lowest BCUT2D eigenvalue weighted by Gasteiger charge is -2.23. The molecule has 0 unspecified atom stereocenters. The van der Waals surface area contributed by atoms with Gasteiger partial charge in [0.1, 0.15) is 11.5 Å². The van der Waals surface area contributed by atoms with Gasteiger partial charge in [0.2, 0.25) is 10.0 Å². The van der Waals surface area contributed by atoms with Gasteiger partial charge in [-0.05, 0) is 24.6 Å². The van der Waals surface area contributed by atoms with E-state index >= 15 is 0 Å². The number of hydrogen-bond acceptors (Lipinski definition) is 5. The molecule has 0 spiro atoms. The normalized spacial score (nSPS) is 17.2. The van der Waals surface area contributed by atoms with Crippen molar-refractivity contribution in [2.45, 2.75) is 19.4 Å². The summed E-state index contributed by atoms with van der Waals surface area (Å²) >= 11 is 0. The maximum atomic E-state index is 12.3. The average Bonchev–Trinajstić information content (AvgIpc) is 3.06. The average molecular weight is 374 g/mol. The quantitative estimate of drug-likeness (QED) is 0.806. The van der Waals surface area contributed by atoms with Crippen LogP contribution in [0, 0.1) is 6.92 Å². The molecule has 0 saturated carbocycles. The monoisotopic (exact) mass is 374 g/mol. The van der Waals surface area contributed by atoms with Crippen molar-refractivity contribution < 1.29 is 17.9 Å². The zero-order valence-electron chi connectivity index (χ0n) is 15.3. The summed E-state index contributed by atoms with van der Waals surface area (Å²) in [6.07, 6.45) is 1.64. The van der Waals surface area contributed by atoms with Crippen molar-refractivity contribution in [3.05, 3.63) is 59.2 Å². The molecule has 1 aliphatic rings. The number of sulfonamides is 1. The van der Waals surface area contributed by atoms with E-state index in [1.165, 1.54) is 10.7 Å². The molecule has 0 radical (unpaired) electrons. The Bertz CT molecular complexity index is 954. The molecule has 1 aliphatic heterocycles. The topological polar surface area (TPSA) is 68.2 Å². The molecule has 2 aromatic rings. The third-order valence-electron chi connectivity index (χ3n) is 4.36. The SMILES string of the molecule is COc1ccc([C@@H]2CC(c3cccc(C)c3)=NN2S(C)(=O)=O)c(OC)c1. The minimum atomic E-state index is -3.53. The zero-order valence-corrected chi connectivity index (χ0v) is 16.1. The van der Waals surface area contributed by atoms with Gasteiger partial charge in [-0.15, -0.1) is 0 Å². The van der Waals surface area contributed by atoms with Gasteiger partial charge in [0.05, 0.1) is 32.2 Å². The van der Waals surface area contributed by atoms with Gasteiger partial charge in [0.15, 0.2) is 0 Å². The largest absolute Gasteiger partial charge is 0.497 e. The lowest BCUT2D eigenvalue weighted by Crippen LogP contribution is -2.26. The van der Waals surface area contributed by atoms with Crippen molar-refractivity contribution in [2.75, 3.05) is 20.5 Å². The van der Waals surface area contributed by atoms with E-state index in [1.807, 2.05) is 37.3 Å². The van der Waals surface area contributed by atoms with Gasteiger partial charge in [0, 0.05) is 18.1 Å². The Kier molecular flexibility index (Phi) is 4.91. The molecule has 1 atom stereocenters. The van der Waals surface area contributed by atoms with Crippen LogP contribution in [0.15, 0.2) is 47.6 Å². The number of methoxy groups -OCH3 is 2.